The molecular formula is C23H45N5O5. The van der Waals surface area contributed by atoms with Crippen molar-refractivity contribution in [3.63, 3.8) is 0 Å². The second-order valence-electron chi connectivity index (χ2n) is 9.52. The fourth-order valence-electron chi connectivity index (χ4n) is 3.24. The Morgan fingerprint density at radius 2 is 1.39 bits per heavy atom. The molecule has 33 heavy (non-hydrogen) atoms. The Bertz CT molecular complexity index is 641. The number of carboxylic acids is 1. The number of hydrogen-bond acceptors (Lipinski definition) is 6. The molecular weight excluding hydrogens is 426 g/mol. The lowest BCUT2D eigenvalue weighted by molar-refractivity contribution is -0.144. The minimum Gasteiger partial charge on any atom is -0.480 e. The first kappa shape index (κ1) is 30.8. The molecule has 0 saturated carbocycles. The second-order valence-corrected chi connectivity index (χ2v) is 9.52. The number of hydrogen-bond donors (Lipinski definition) is 6. The number of rotatable bonds is 16. The van der Waals surface area contributed by atoms with Crippen LogP contribution in [0.25, 0.3) is 0 Å². The summed E-state index contributed by atoms with van der Waals surface area (Å²) >= 11 is 0. The van der Waals surface area contributed by atoms with Crippen LogP contribution in [-0.4, -0.2) is 59.5 Å². The second kappa shape index (κ2) is 15.6. The topological polar surface area (TPSA) is 177 Å². The highest BCUT2D eigenvalue weighted by molar-refractivity contribution is 5.94. The molecule has 0 heterocycles. The van der Waals surface area contributed by atoms with Crippen LogP contribution >= 0.6 is 0 Å². The number of unbranched alkanes of at least 4 members (excludes halogenated alkanes) is 1. The summed E-state index contributed by atoms with van der Waals surface area (Å²) in [4.78, 5) is 50.1. The van der Waals surface area contributed by atoms with Gasteiger partial charge in [0.1, 0.15) is 18.1 Å². The van der Waals surface area contributed by atoms with Gasteiger partial charge in [-0.05, 0) is 50.0 Å². The van der Waals surface area contributed by atoms with Crippen LogP contribution in [0, 0.1) is 17.8 Å². The number of nitrogens with two attached hydrogens (primary N) is 2. The van der Waals surface area contributed by atoms with E-state index in [0.29, 0.717) is 38.6 Å². The van der Waals surface area contributed by atoms with Crippen molar-refractivity contribution in [2.45, 2.75) is 97.8 Å². The number of amides is 3. The van der Waals surface area contributed by atoms with Gasteiger partial charge in [-0.2, -0.15) is 0 Å². The summed E-state index contributed by atoms with van der Waals surface area (Å²) in [5, 5.41) is 17.5. The van der Waals surface area contributed by atoms with E-state index in [1.54, 1.807) is 6.92 Å². The molecule has 0 bridgehead atoms. The van der Waals surface area contributed by atoms with Crippen LogP contribution in [0.4, 0.5) is 0 Å². The molecule has 5 atom stereocenters. The first-order valence-electron chi connectivity index (χ1n) is 11.9. The lowest BCUT2D eigenvalue weighted by Crippen LogP contribution is -2.58. The van der Waals surface area contributed by atoms with E-state index in [9.17, 15) is 24.3 Å². The van der Waals surface area contributed by atoms with Crippen LogP contribution in [0.1, 0.15) is 73.6 Å². The molecule has 0 fully saturated rings. The zero-order chi connectivity index (χ0) is 25.7. The Labute approximate surface area is 198 Å². The quantitative estimate of drug-likeness (QED) is 0.180. The Morgan fingerprint density at radius 1 is 0.848 bits per heavy atom. The number of carbonyl (C=O) groups excluding carboxylic acids is 3. The molecule has 0 aromatic rings. The van der Waals surface area contributed by atoms with E-state index in [-0.39, 0.29) is 17.8 Å². The van der Waals surface area contributed by atoms with Gasteiger partial charge in [-0.25, -0.2) is 4.79 Å². The van der Waals surface area contributed by atoms with E-state index in [4.69, 9.17) is 11.5 Å². The van der Waals surface area contributed by atoms with Gasteiger partial charge in [-0.15, -0.1) is 0 Å². The first-order chi connectivity index (χ1) is 15.3. The fourth-order valence-corrected chi connectivity index (χ4v) is 3.24. The van der Waals surface area contributed by atoms with E-state index in [0.717, 1.165) is 0 Å². The molecule has 0 spiro atoms. The monoisotopic (exact) mass is 471 g/mol. The molecule has 0 aromatic carbocycles. The van der Waals surface area contributed by atoms with Crippen LogP contribution < -0.4 is 27.4 Å². The molecule has 3 amide bonds. The Morgan fingerprint density at radius 3 is 1.85 bits per heavy atom. The lowest BCUT2D eigenvalue weighted by atomic mass is 9.98. The molecule has 0 aliphatic heterocycles. The maximum Gasteiger partial charge on any atom is 0.326 e. The minimum atomic E-state index is -1.13. The van der Waals surface area contributed by atoms with Gasteiger partial charge in [-0.1, -0.05) is 48.0 Å². The summed E-state index contributed by atoms with van der Waals surface area (Å²) < 4.78 is 0. The molecule has 0 saturated heterocycles. The lowest BCUT2D eigenvalue weighted by Gasteiger charge is -2.27. The van der Waals surface area contributed by atoms with Gasteiger partial charge in [-0.3, -0.25) is 14.4 Å². The van der Waals surface area contributed by atoms with Gasteiger partial charge < -0.3 is 32.5 Å². The Kier molecular flexibility index (Phi) is 14.6. The van der Waals surface area contributed by atoms with Gasteiger partial charge in [0.15, 0.2) is 0 Å². The van der Waals surface area contributed by atoms with Crippen molar-refractivity contribution in [2.24, 2.45) is 29.2 Å². The van der Waals surface area contributed by atoms with Gasteiger partial charge >= 0.3 is 5.97 Å². The van der Waals surface area contributed by atoms with Gasteiger partial charge in [0.25, 0.3) is 0 Å². The maximum atomic E-state index is 13.1. The average molecular weight is 472 g/mol. The largest absolute Gasteiger partial charge is 0.480 e. The average Bonchev–Trinajstić information content (AvgIpc) is 2.74. The van der Waals surface area contributed by atoms with E-state index in [2.05, 4.69) is 16.0 Å². The van der Waals surface area contributed by atoms with Crippen LogP contribution in [0.3, 0.4) is 0 Å². The molecule has 5 unspecified atom stereocenters. The molecule has 0 rings (SSSR count). The smallest absolute Gasteiger partial charge is 0.326 e. The number of nitrogens with one attached hydrogen (secondary N) is 3. The highest BCUT2D eigenvalue weighted by Crippen LogP contribution is 2.11. The summed E-state index contributed by atoms with van der Waals surface area (Å²) in [5.74, 6) is -2.91. The van der Waals surface area contributed by atoms with E-state index >= 15 is 0 Å². The molecule has 10 nitrogen and oxygen atoms in total. The zero-order valence-electron chi connectivity index (χ0n) is 21.0. The van der Waals surface area contributed by atoms with Crippen LogP contribution in [0.5, 0.6) is 0 Å². The minimum absolute atomic E-state index is 0.0997. The third kappa shape index (κ3) is 11.5. The molecule has 192 valence electrons. The van der Waals surface area contributed by atoms with Crippen LogP contribution in [0.2, 0.25) is 0 Å². The van der Waals surface area contributed by atoms with Gasteiger partial charge in [0.05, 0.1) is 6.04 Å². The molecule has 0 aliphatic rings. The normalized spacial score (nSPS) is 15.9. The maximum absolute atomic E-state index is 13.1. The molecule has 10 heteroatoms. The zero-order valence-corrected chi connectivity index (χ0v) is 21.0. The fraction of sp³-hybridized carbons (Fsp3) is 0.826. The van der Waals surface area contributed by atoms with Gasteiger partial charge in [0.2, 0.25) is 17.7 Å². The molecule has 0 aliphatic carbocycles. The van der Waals surface area contributed by atoms with Crippen molar-refractivity contribution in [1.82, 2.24) is 16.0 Å². The third-order valence-corrected chi connectivity index (χ3v) is 5.72. The molecule has 8 N–H and O–H groups in total. The van der Waals surface area contributed by atoms with E-state index < -0.39 is 47.9 Å². The molecule has 0 radical (unpaired) electrons. The highest BCUT2D eigenvalue weighted by Gasteiger charge is 2.32. The summed E-state index contributed by atoms with van der Waals surface area (Å²) in [6.07, 6.45) is 2.47. The van der Waals surface area contributed by atoms with Crippen molar-refractivity contribution in [2.75, 3.05) is 6.54 Å². The number of carboxylic acid groups (broad SMARTS) is 1. The van der Waals surface area contributed by atoms with Crippen molar-refractivity contribution in [3.05, 3.63) is 0 Å². The van der Waals surface area contributed by atoms with Crippen LogP contribution in [0.15, 0.2) is 0 Å². The van der Waals surface area contributed by atoms with Crippen molar-refractivity contribution >= 4 is 23.7 Å². The summed E-state index contributed by atoms with van der Waals surface area (Å²) in [6.45, 7) is 11.5. The SMILES string of the molecule is CCC(C)C(NC(=O)C(CCCCN)NC(=O)C(CC(C)C)NC(=O)C(N)C(C)C)C(=O)O. The van der Waals surface area contributed by atoms with E-state index in [1.807, 2.05) is 34.6 Å². The van der Waals surface area contributed by atoms with Crippen molar-refractivity contribution < 1.29 is 24.3 Å². The summed E-state index contributed by atoms with van der Waals surface area (Å²) in [7, 11) is 0. The summed E-state index contributed by atoms with van der Waals surface area (Å²) in [5.41, 5.74) is 11.5. The van der Waals surface area contributed by atoms with Gasteiger partial charge in [0, 0.05) is 0 Å². The van der Waals surface area contributed by atoms with Crippen molar-refractivity contribution in [1.29, 1.82) is 0 Å². The predicted molar refractivity (Wildman–Crippen MR) is 128 cm³/mol. The van der Waals surface area contributed by atoms with Crippen LogP contribution in [-0.2, 0) is 19.2 Å². The Hall–Kier alpha value is -2.20. The standard InChI is InChI=1S/C23H45N5O5/c1-7-15(6)19(23(32)33)28-20(29)16(10-8-9-11-24)26-21(30)17(12-13(2)3)27-22(31)18(25)14(4)5/h13-19H,7-12,24-25H2,1-6H3,(H,26,30)(H,27,31)(H,28,29)(H,32,33). The Balaban J connectivity index is 5.57. The summed E-state index contributed by atoms with van der Waals surface area (Å²) in [6, 6.07) is -3.63. The first-order valence-corrected chi connectivity index (χ1v) is 11.9. The number of carbonyl (C=O) groups is 4. The number of aliphatic carboxylic acids is 1. The predicted octanol–water partition coefficient (Wildman–Crippen LogP) is 0.730. The third-order valence-electron chi connectivity index (χ3n) is 5.72. The molecule has 0 aromatic heterocycles. The van der Waals surface area contributed by atoms with E-state index in [1.165, 1.54) is 0 Å². The van der Waals surface area contributed by atoms with Crippen molar-refractivity contribution in [3.8, 4) is 0 Å². The highest BCUT2D eigenvalue weighted by atomic mass is 16.4.